The summed E-state index contributed by atoms with van der Waals surface area (Å²) in [7, 11) is -4.59. The highest BCUT2D eigenvalue weighted by Crippen LogP contribution is 2.49. The van der Waals surface area contributed by atoms with Crippen LogP contribution < -0.4 is 24.3 Å². The minimum atomic E-state index is -4.20. The number of hydrogen-bond acceptors (Lipinski definition) is 9. The lowest BCUT2D eigenvalue weighted by Crippen LogP contribution is -2.29. The zero-order chi connectivity index (χ0) is 29.6. The molecule has 0 saturated heterocycles. The molecular weight excluding hydrogens is 547 g/mol. The van der Waals surface area contributed by atoms with E-state index in [2.05, 4.69) is 0 Å². The third-order valence-corrected chi connectivity index (χ3v) is 7.09. The minimum Gasteiger partial charge on any atom is -0.490 e. The van der Waals surface area contributed by atoms with Gasteiger partial charge in [-0.15, -0.1) is 0 Å². The van der Waals surface area contributed by atoms with Crippen molar-refractivity contribution in [3.8, 4) is 28.7 Å². The molecule has 10 nitrogen and oxygen atoms in total. The summed E-state index contributed by atoms with van der Waals surface area (Å²) in [4.78, 5) is 26.1. The van der Waals surface area contributed by atoms with Gasteiger partial charge in [0.05, 0.1) is 37.5 Å². The predicted octanol–water partition coefficient (Wildman–Crippen LogP) is 4.98. The van der Waals surface area contributed by atoms with Crippen LogP contribution in [0.2, 0.25) is 0 Å². The van der Waals surface area contributed by atoms with Gasteiger partial charge in [0.15, 0.2) is 11.5 Å². The first-order valence-electron chi connectivity index (χ1n) is 12.3. The van der Waals surface area contributed by atoms with Gasteiger partial charge in [-0.25, -0.2) is 0 Å². The molecule has 1 unspecified atom stereocenters. The Hall–Kier alpha value is -2.88. The van der Waals surface area contributed by atoms with Crippen LogP contribution in [0.1, 0.15) is 59.9 Å². The van der Waals surface area contributed by atoms with Gasteiger partial charge in [0.1, 0.15) is 5.75 Å². The van der Waals surface area contributed by atoms with E-state index in [0.29, 0.717) is 5.75 Å². The molecule has 0 aliphatic carbocycles. The fourth-order valence-electron chi connectivity index (χ4n) is 3.27. The lowest BCUT2D eigenvalue weighted by molar-refractivity contribution is -0.145. The zero-order valence-corrected chi connectivity index (χ0v) is 25.3. The van der Waals surface area contributed by atoms with Gasteiger partial charge >= 0.3 is 11.9 Å². The van der Waals surface area contributed by atoms with Crippen LogP contribution in [-0.4, -0.2) is 37.8 Å². The Labute approximate surface area is 230 Å². The molecule has 0 bridgehead atoms. The van der Waals surface area contributed by atoms with E-state index in [9.17, 15) is 22.6 Å². The third-order valence-electron chi connectivity index (χ3n) is 5.44. The number of rotatable bonds is 11. The van der Waals surface area contributed by atoms with E-state index in [1.165, 1.54) is 7.11 Å². The van der Waals surface area contributed by atoms with Crippen LogP contribution in [0.25, 0.3) is 0 Å². The topological polar surface area (TPSA) is 142 Å². The lowest BCUT2D eigenvalue weighted by atomic mass is 9.96. The summed E-state index contributed by atoms with van der Waals surface area (Å²) in [6, 6.07) is 8.60. The fourth-order valence-corrected chi connectivity index (χ4v) is 4.55. The zero-order valence-electron chi connectivity index (χ0n) is 23.3. The monoisotopic (exact) mass is 584 g/mol. The van der Waals surface area contributed by atoms with Crippen molar-refractivity contribution in [3.05, 3.63) is 35.9 Å². The minimum absolute atomic E-state index is 0.0192. The van der Waals surface area contributed by atoms with Crippen molar-refractivity contribution in [1.29, 1.82) is 0 Å². The van der Waals surface area contributed by atoms with Crippen molar-refractivity contribution in [1.82, 2.24) is 0 Å². The first kappa shape index (κ1) is 32.3. The van der Waals surface area contributed by atoms with E-state index >= 15 is 0 Å². The maximum absolute atomic E-state index is 13.0. The van der Waals surface area contributed by atoms with Gasteiger partial charge in [0.2, 0.25) is 11.5 Å². The molecule has 2 rings (SSSR count). The molecule has 0 spiro atoms. The van der Waals surface area contributed by atoms with Gasteiger partial charge in [-0.05, 0) is 72.9 Å². The van der Waals surface area contributed by atoms with Gasteiger partial charge in [0.25, 0.3) is 10.1 Å². The summed E-state index contributed by atoms with van der Waals surface area (Å²) in [5, 5.41) is 0.176. The van der Waals surface area contributed by atoms with Crippen molar-refractivity contribution >= 4 is 35.8 Å². The van der Waals surface area contributed by atoms with Crippen LogP contribution >= 0.6 is 8.46 Å². The number of carbonyl (C=O) groups is 2. The molecule has 0 saturated carbocycles. The van der Waals surface area contributed by atoms with E-state index in [-0.39, 0.29) is 53.1 Å². The molecule has 2 aromatic rings. The molecule has 12 heteroatoms. The molecule has 2 aromatic carbocycles. The second-order valence-electron chi connectivity index (χ2n) is 11.0. The van der Waals surface area contributed by atoms with Crippen molar-refractivity contribution in [2.24, 2.45) is 10.8 Å². The molecule has 0 aliphatic heterocycles. The number of methoxy groups -OCH3 is 1. The number of benzene rings is 2. The van der Waals surface area contributed by atoms with Crippen molar-refractivity contribution in [2.75, 3.05) is 12.9 Å². The van der Waals surface area contributed by atoms with E-state index in [1.54, 1.807) is 71.9 Å². The van der Waals surface area contributed by atoms with Gasteiger partial charge < -0.3 is 23.5 Å². The molecule has 216 valence electrons. The molecule has 1 N–H and O–H groups in total. The number of carbonyl (C=O) groups excluding carboxylic acids is 2. The van der Waals surface area contributed by atoms with Gasteiger partial charge in [-0.1, -0.05) is 18.2 Å². The number of unbranched alkanes of at least 4 members (excludes halogenated alkanes) is 1. The molecule has 39 heavy (non-hydrogen) atoms. The molecular formula is C27H37O10PS. The maximum atomic E-state index is 13.0. The normalized spacial score (nSPS) is 12.4. The maximum Gasteiger partial charge on any atom is 0.316 e. The van der Waals surface area contributed by atoms with E-state index in [4.69, 9.17) is 23.5 Å². The van der Waals surface area contributed by atoms with Gasteiger partial charge in [-0.3, -0.25) is 14.1 Å². The Morgan fingerprint density at radius 1 is 0.846 bits per heavy atom. The molecule has 1 atom stereocenters. The summed E-state index contributed by atoms with van der Waals surface area (Å²) < 4.78 is 67.6. The smallest absolute Gasteiger partial charge is 0.316 e. The molecule has 0 aliphatic rings. The standard InChI is InChI=1S/C27H37O10PS/c1-26(2,3)24(28)36-19-18(15-11-12-16-39(31,32)33)23(38-30)22(35-17-13-9-8-10-14-17)20(34-7)21(19)37-25(29)27(4,5)6/h8-10,13-14H,11-12,15-16,38H2,1-7H3,(H,31,32,33). The quantitative estimate of drug-likeness (QED) is 0.126. The number of esters is 2. The second-order valence-corrected chi connectivity index (χ2v) is 13.4. The fraction of sp³-hybridized carbons (Fsp3) is 0.481. The summed E-state index contributed by atoms with van der Waals surface area (Å²) in [6.07, 6.45) is 0.343. The summed E-state index contributed by atoms with van der Waals surface area (Å²) in [5.74, 6) is -1.86. The predicted molar refractivity (Wildman–Crippen MR) is 149 cm³/mol. The van der Waals surface area contributed by atoms with Crippen LogP contribution in [0, 0.1) is 10.8 Å². The van der Waals surface area contributed by atoms with E-state index in [1.807, 2.05) is 0 Å². The first-order chi connectivity index (χ1) is 18.0. The van der Waals surface area contributed by atoms with Crippen LogP contribution in [0.3, 0.4) is 0 Å². The van der Waals surface area contributed by atoms with Crippen molar-refractivity contribution in [3.63, 3.8) is 0 Å². The van der Waals surface area contributed by atoms with Crippen molar-refractivity contribution < 1.29 is 46.1 Å². The Bertz CT molecular complexity index is 1310. The molecule has 0 fully saturated rings. The van der Waals surface area contributed by atoms with E-state index in [0.717, 1.165) is 0 Å². The number of hydrogen-bond donors (Lipinski definition) is 1. The molecule has 0 aromatic heterocycles. The van der Waals surface area contributed by atoms with Crippen LogP contribution in [-0.2, 0) is 30.7 Å². The van der Waals surface area contributed by atoms with Gasteiger partial charge in [0, 0.05) is 5.56 Å². The summed E-state index contributed by atoms with van der Waals surface area (Å²) >= 11 is 0. The highest BCUT2D eigenvalue weighted by molar-refractivity contribution is 7.85. The number of ether oxygens (including phenoxy) is 4. The number of para-hydroxylation sites is 1. The summed E-state index contributed by atoms with van der Waals surface area (Å²) in [5.41, 5.74) is -1.66. The Balaban J connectivity index is 2.87. The molecule has 0 radical (unpaired) electrons. The largest absolute Gasteiger partial charge is 0.490 e. The first-order valence-corrected chi connectivity index (χ1v) is 15.0. The Kier molecular flexibility index (Phi) is 10.8. The van der Waals surface area contributed by atoms with Crippen molar-refractivity contribution in [2.45, 2.75) is 60.8 Å². The molecule has 0 heterocycles. The SMILES string of the molecule is COc1c(OC(=O)C(C)(C)C)c(OC(=O)C(C)(C)C)c(CCCCS(=O)(=O)O)c([PH2]=O)c1Oc1ccccc1. The Morgan fingerprint density at radius 2 is 1.38 bits per heavy atom. The average molecular weight is 585 g/mol. The average Bonchev–Trinajstić information content (AvgIpc) is 2.82. The van der Waals surface area contributed by atoms with Crippen LogP contribution in [0.4, 0.5) is 0 Å². The highest BCUT2D eigenvalue weighted by atomic mass is 32.2. The van der Waals surface area contributed by atoms with E-state index < -0.39 is 47.1 Å². The van der Waals surface area contributed by atoms with Gasteiger partial charge in [-0.2, -0.15) is 8.42 Å². The lowest BCUT2D eigenvalue weighted by Gasteiger charge is -2.26. The van der Waals surface area contributed by atoms with Crippen LogP contribution in [0.15, 0.2) is 30.3 Å². The summed E-state index contributed by atoms with van der Waals surface area (Å²) in [6.45, 7) is 9.88. The second kappa shape index (κ2) is 13.0. The Morgan fingerprint density at radius 3 is 1.85 bits per heavy atom. The van der Waals surface area contributed by atoms with Crippen LogP contribution in [0.5, 0.6) is 28.7 Å². The highest BCUT2D eigenvalue weighted by Gasteiger charge is 2.35. The molecule has 0 amide bonds. The third kappa shape index (κ3) is 9.08.